The molecule has 1 aromatic rings. The third-order valence-corrected chi connectivity index (χ3v) is 5.28. The molecule has 0 bridgehead atoms. The van der Waals surface area contributed by atoms with Crippen LogP contribution in [0.2, 0.25) is 0 Å². The van der Waals surface area contributed by atoms with Gasteiger partial charge in [0, 0.05) is 26.2 Å². The largest absolute Gasteiger partial charge is 0.480 e. The summed E-state index contributed by atoms with van der Waals surface area (Å²) in [5.74, 6) is -1.17. The average Bonchev–Trinajstić information content (AvgIpc) is 2.48. The maximum atomic E-state index is 11.8. The topological polar surface area (TPSA) is 87.2 Å². The Morgan fingerprint density at radius 3 is 2.75 bits per heavy atom. The minimum atomic E-state index is -3.59. The zero-order valence-corrected chi connectivity index (χ0v) is 14.8. The third-order valence-electron chi connectivity index (χ3n) is 4.07. The Hall–Kier alpha value is -1.48. The van der Waals surface area contributed by atoms with Gasteiger partial charge in [-0.3, -0.25) is 9.69 Å². The summed E-state index contributed by atoms with van der Waals surface area (Å²) in [5.41, 5.74) is 2.44. The number of morpholine rings is 1. The first kappa shape index (κ1) is 18.9. The summed E-state index contributed by atoms with van der Waals surface area (Å²) in [6.07, 6.45) is 0.681. The molecule has 2 rings (SSSR count). The summed E-state index contributed by atoms with van der Waals surface area (Å²) in [4.78, 5) is 13.1. The molecule has 1 aromatic carbocycles. The Bertz CT molecular complexity index is 677. The van der Waals surface area contributed by atoms with Crippen LogP contribution in [0.3, 0.4) is 0 Å². The number of rotatable bonds is 7. The molecule has 7 nitrogen and oxygen atoms in total. The van der Waals surface area contributed by atoms with Crippen LogP contribution in [-0.2, 0) is 26.1 Å². The predicted molar refractivity (Wildman–Crippen MR) is 90.2 cm³/mol. The van der Waals surface area contributed by atoms with E-state index >= 15 is 0 Å². The van der Waals surface area contributed by atoms with Crippen LogP contribution in [0.4, 0.5) is 0 Å². The van der Waals surface area contributed by atoms with Gasteiger partial charge in [0.1, 0.15) is 6.54 Å². The van der Waals surface area contributed by atoms with Gasteiger partial charge in [-0.05, 0) is 18.1 Å². The average molecular weight is 356 g/mol. The van der Waals surface area contributed by atoms with Crippen LogP contribution in [0.5, 0.6) is 0 Å². The van der Waals surface area contributed by atoms with Crippen LogP contribution in [-0.4, -0.2) is 73.8 Å². The molecule has 0 aliphatic carbocycles. The zero-order valence-electron chi connectivity index (χ0n) is 14.0. The normalized spacial score (nSPS) is 19.5. The number of carbonyl (C=O) groups is 1. The number of sulfonamides is 1. The van der Waals surface area contributed by atoms with E-state index in [1.54, 1.807) is 0 Å². The van der Waals surface area contributed by atoms with Crippen molar-refractivity contribution >= 4 is 16.0 Å². The number of ether oxygens (including phenoxy) is 1. The van der Waals surface area contributed by atoms with Crippen molar-refractivity contribution in [1.29, 1.82) is 0 Å². The lowest BCUT2D eigenvalue weighted by Crippen LogP contribution is -2.49. The number of hydrogen-bond acceptors (Lipinski definition) is 5. The first-order chi connectivity index (χ1) is 11.3. The second kappa shape index (κ2) is 8.06. The van der Waals surface area contributed by atoms with Gasteiger partial charge in [-0.15, -0.1) is 0 Å². The molecule has 1 saturated heterocycles. The standard InChI is InChI=1S/C16H24N2O5S/c1-13-5-3-4-6-14(13)9-17-7-8-23-15(10-17)11-18(12-16(19)20)24(2,21)22/h3-6,15H,7-12H2,1-2H3,(H,19,20). The molecule has 24 heavy (non-hydrogen) atoms. The van der Waals surface area contributed by atoms with Gasteiger partial charge in [-0.25, -0.2) is 8.42 Å². The molecule has 0 spiro atoms. The van der Waals surface area contributed by atoms with E-state index in [4.69, 9.17) is 9.84 Å². The van der Waals surface area contributed by atoms with Gasteiger partial charge >= 0.3 is 5.97 Å². The number of aryl methyl sites for hydroxylation is 1. The van der Waals surface area contributed by atoms with Crippen molar-refractivity contribution in [3.63, 3.8) is 0 Å². The summed E-state index contributed by atoms with van der Waals surface area (Å²) < 4.78 is 30.1. The van der Waals surface area contributed by atoms with Crippen molar-refractivity contribution in [3.8, 4) is 0 Å². The molecule has 0 radical (unpaired) electrons. The molecule has 0 aromatic heterocycles. The van der Waals surface area contributed by atoms with E-state index in [0.29, 0.717) is 13.2 Å². The van der Waals surface area contributed by atoms with Crippen LogP contribution in [0, 0.1) is 6.92 Å². The summed E-state index contributed by atoms with van der Waals surface area (Å²) in [7, 11) is -3.59. The van der Waals surface area contributed by atoms with Crippen LogP contribution in [0.25, 0.3) is 0 Å². The number of carboxylic acids is 1. The number of carboxylic acid groups (broad SMARTS) is 1. The first-order valence-corrected chi connectivity index (χ1v) is 9.66. The van der Waals surface area contributed by atoms with Gasteiger partial charge < -0.3 is 9.84 Å². The fourth-order valence-electron chi connectivity index (χ4n) is 2.76. The van der Waals surface area contributed by atoms with Gasteiger partial charge in [0.15, 0.2) is 0 Å². The molecule has 1 N–H and O–H groups in total. The van der Waals surface area contributed by atoms with E-state index in [1.165, 1.54) is 11.1 Å². The molecular weight excluding hydrogens is 332 g/mol. The van der Waals surface area contributed by atoms with E-state index in [0.717, 1.165) is 23.7 Å². The van der Waals surface area contributed by atoms with E-state index < -0.39 is 22.5 Å². The van der Waals surface area contributed by atoms with E-state index in [9.17, 15) is 13.2 Å². The second-order valence-electron chi connectivity index (χ2n) is 6.10. The molecular formula is C16H24N2O5S. The van der Waals surface area contributed by atoms with E-state index in [-0.39, 0.29) is 12.6 Å². The summed E-state index contributed by atoms with van der Waals surface area (Å²) >= 11 is 0. The second-order valence-corrected chi connectivity index (χ2v) is 8.09. The molecule has 0 amide bonds. The molecule has 1 heterocycles. The smallest absolute Gasteiger partial charge is 0.318 e. The molecule has 1 fully saturated rings. The van der Waals surface area contributed by atoms with Crippen molar-refractivity contribution in [2.24, 2.45) is 0 Å². The SMILES string of the molecule is Cc1ccccc1CN1CCOC(CN(CC(=O)O)S(C)(=O)=O)C1. The van der Waals surface area contributed by atoms with Crippen molar-refractivity contribution < 1.29 is 23.1 Å². The molecule has 134 valence electrons. The fraction of sp³-hybridized carbons (Fsp3) is 0.562. The summed E-state index contributed by atoms with van der Waals surface area (Å²) in [6.45, 7) is 4.17. The van der Waals surface area contributed by atoms with Crippen molar-refractivity contribution in [3.05, 3.63) is 35.4 Å². The highest BCUT2D eigenvalue weighted by Crippen LogP contribution is 2.15. The lowest BCUT2D eigenvalue weighted by atomic mass is 10.1. The maximum Gasteiger partial charge on any atom is 0.318 e. The van der Waals surface area contributed by atoms with Crippen molar-refractivity contribution in [2.45, 2.75) is 19.6 Å². The van der Waals surface area contributed by atoms with E-state index in [1.807, 2.05) is 12.1 Å². The molecule has 1 aliphatic rings. The molecule has 1 unspecified atom stereocenters. The number of aliphatic carboxylic acids is 1. The maximum absolute atomic E-state index is 11.8. The van der Waals surface area contributed by atoms with Crippen molar-refractivity contribution in [1.82, 2.24) is 9.21 Å². The first-order valence-electron chi connectivity index (χ1n) is 7.81. The van der Waals surface area contributed by atoms with Crippen molar-refractivity contribution in [2.75, 3.05) is 39.0 Å². The number of benzene rings is 1. The quantitative estimate of drug-likeness (QED) is 0.767. The monoisotopic (exact) mass is 356 g/mol. The Labute approximate surface area is 142 Å². The zero-order chi connectivity index (χ0) is 17.7. The molecule has 8 heteroatoms. The predicted octanol–water partition coefficient (Wildman–Crippen LogP) is 0.542. The minimum absolute atomic E-state index is 0.0510. The Balaban J connectivity index is 1.99. The molecule has 0 saturated carbocycles. The Morgan fingerprint density at radius 1 is 1.42 bits per heavy atom. The van der Waals surface area contributed by atoms with Crippen LogP contribution < -0.4 is 0 Å². The Morgan fingerprint density at radius 2 is 2.12 bits per heavy atom. The lowest BCUT2D eigenvalue weighted by Gasteiger charge is -2.35. The summed E-state index contributed by atoms with van der Waals surface area (Å²) in [6, 6.07) is 8.13. The van der Waals surface area contributed by atoms with Gasteiger partial charge in [0.05, 0.1) is 19.0 Å². The highest BCUT2D eigenvalue weighted by atomic mass is 32.2. The highest BCUT2D eigenvalue weighted by Gasteiger charge is 2.28. The van der Waals surface area contributed by atoms with Crippen LogP contribution in [0.15, 0.2) is 24.3 Å². The minimum Gasteiger partial charge on any atom is -0.480 e. The van der Waals surface area contributed by atoms with Crippen LogP contribution >= 0.6 is 0 Å². The van der Waals surface area contributed by atoms with Gasteiger partial charge in [0.25, 0.3) is 0 Å². The van der Waals surface area contributed by atoms with Gasteiger partial charge in [0.2, 0.25) is 10.0 Å². The third kappa shape index (κ3) is 5.55. The number of nitrogens with zero attached hydrogens (tertiary/aromatic N) is 2. The van der Waals surface area contributed by atoms with E-state index in [2.05, 4.69) is 24.0 Å². The Kier molecular flexibility index (Phi) is 6.34. The number of hydrogen-bond donors (Lipinski definition) is 1. The van der Waals surface area contributed by atoms with Gasteiger partial charge in [-0.2, -0.15) is 4.31 Å². The van der Waals surface area contributed by atoms with Crippen LogP contribution in [0.1, 0.15) is 11.1 Å². The molecule has 1 aliphatic heterocycles. The fourth-order valence-corrected chi connectivity index (χ4v) is 3.54. The summed E-state index contributed by atoms with van der Waals surface area (Å²) in [5, 5.41) is 8.90. The molecule has 1 atom stereocenters. The highest BCUT2D eigenvalue weighted by molar-refractivity contribution is 7.88. The lowest BCUT2D eigenvalue weighted by molar-refractivity contribution is -0.137. The van der Waals surface area contributed by atoms with Gasteiger partial charge in [-0.1, -0.05) is 24.3 Å².